The maximum atomic E-state index is 13.2. The Morgan fingerprint density at radius 3 is 2.50 bits per heavy atom. The van der Waals surface area contributed by atoms with Gasteiger partial charge in [0.25, 0.3) is 0 Å². The summed E-state index contributed by atoms with van der Waals surface area (Å²) in [5, 5.41) is 2.90. The Kier molecular flexibility index (Phi) is 3.41. The van der Waals surface area contributed by atoms with Crippen molar-refractivity contribution in [1.82, 2.24) is 5.32 Å². The molecule has 14 heavy (non-hydrogen) atoms. The van der Waals surface area contributed by atoms with Crippen molar-refractivity contribution in [2.24, 2.45) is 0 Å². The fourth-order valence-electron chi connectivity index (χ4n) is 1.27. The third-order valence-electron chi connectivity index (χ3n) is 2.14. The van der Waals surface area contributed by atoms with Crippen LogP contribution in [0.3, 0.4) is 0 Å². The Hall–Kier alpha value is -1.16. The molecule has 0 aliphatic rings. The summed E-state index contributed by atoms with van der Waals surface area (Å²) in [6.07, 6.45) is 0. The van der Waals surface area contributed by atoms with Crippen LogP contribution in [0.4, 0.5) is 8.78 Å². The average molecular weight is 201 g/mol. The van der Waals surface area contributed by atoms with Gasteiger partial charge in [-0.3, -0.25) is 0 Å². The number of ether oxygens (including phenoxy) is 1. The van der Waals surface area contributed by atoms with Crippen LogP contribution in [0.1, 0.15) is 18.5 Å². The van der Waals surface area contributed by atoms with Crippen LogP contribution in [0.15, 0.2) is 12.1 Å². The van der Waals surface area contributed by atoms with Gasteiger partial charge in [-0.2, -0.15) is 0 Å². The molecule has 0 unspecified atom stereocenters. The number of nitrogens with one attached hydrogen (secondary N) is 1. The van der Waals surface area contributed by atoms with Gasteiger partial charge in [0.05, 0.1) is 7.11 Å². The van der Waals surface area contributed by atoms with E-state index >= 15 is 0 Å². The van der Waals surface area contributed by atoms with E-state index in [9.17, 15) is 8.78 Å². The molecule has 0 amide bonds. The highest BCUT2D eigenvalue weighted by molar-refractivity contribution is 5.37. The zero-order chi connectivity index (χ0) is 10.7. The van der Waals surface area contributed by atoms with Crippen molar-refractivity contribution in [2.75, 3.05) is 14.2 Å². The summed E-state index contributed by atoms with van der Waals surface area (Å²) in [5.74, 6) is -1.18. The molecule has 0 saturated heterocycles. The minimum atomic E-state index is -0.676. The second-order valence-corrected chi connectivity index (χ2v) is 3.02. The Morgan fingerprint density at radius 2 is 2.00 bits per heavy atom. The van der Waals surface area contributed by atoms with E-state index in [0.29, 0.717) is 5.56 Å². The van der Waals surface area contributed by atoms with Crippen LogP contribution in [-0.2, 0) is 0 Å². The second kappa shape index (κ2) is 4.37. The molecule has 0 aliphatic carbocycles. The molecule has 0 aromatic heterocycles. The lowest BCUT2D eigenvalue weighted by atomic mass is 10.1. The zero-order valence-corrected chi connectivity index (χ0v) is 8.40. The van der Waals surface area contributed by atoms with Crippen molar-refractivity contribution in [1.29, 1.82) is 0 Å². The van der Waals surface area contributed by atoms with Crippen molar-refractivity contribution in [2.45, 2.75) is 13.0 Å². The first-order chi connectivity index (χ1) is 6.60. The smallest absolute Gasteiger partial charge is 0.168 e. The Balaban J connectivity index is 3.24. The molecule has 0 fully saturated rings. The minimum absolute atomic E-state index is 0.0910. The highest BCUT2D eigenvalue weighted by Gasteiger charge is 2.15. The van der Waals surface area contributed by atoms with Crippen molar-refractivity contribution < 1.29 is 13.5 Å². The summed E-state index contributed by atoms with van der Waals surface area (Å²) < 4.78 is 31.0. The number of hydrogen-bond acceptors (Lipinski definition) is 2. The fourth-order valence-corrected chi connectivity index (χ4v) is 1.27. The van der Waals surface area contributed by atoms with Gasteiger partial charge >= 0.3 is 0 Å². The molecule has 1 atom stereocenters. The van der Waals surface area contributed by atoms with Crippen molar-refractivity contribution >= 4 is 0 Å². The highest BCUT2D eigenvalue weighted by Crippen LogP contribution is 2.28. The van der Waals surface area contributed by atoms with Crippen LogP contribution in [0.25, 0.3) is 0 Å². The van der Waals surface area contributed by atoms with Gasteiger partial charge in [0.2, 0.25) is 0 Å². The van der Waals surface area contributed by atoms with Gasteiger partial charge in [0, 0.05) is 17.7 Å². The molecule has 0 aliphatic heterocycles. The van der Waals surface area contributed by atoms with Crippen LogP contribution >= 0.6 is 0 Å². The lowest BCUT2D eigenvalue weighted by molar-refractivity contribution is 0.373. The van der Waals surface area contributed by atoms with Crippen LogP contribution in [0.2, 0.25) is 0 Å². The largest absolute Gasteiger partial charge is 0.493 e. The first-order valence-electron chi connectivity index (χ1n) is 4.30. The molecule has 0 spiro atoms. The quantitative estimate of drug-likeness (QED) is 0.809. The Labute approximate surface area is 81.9 Å². The number of hydrogen-bond donors (Lipinski definition) is 1. The molecule has 0 bridgehead atoms. The highest BCUT2D eigenvalue weighted by atomic mass is 19.1. The van der Waals surface area contributed by atoms with E-state index < -0.39 is 11.6 Å². The van der Waals surface area contributed by atoms with E-state index in [4.69, 9.17) is 4.74 Å². The number of benzene rings is 1. The van der Waals surface area contributed by atoms with Gasteiger partial charge in [0.1, 0.15) is 5.82 Å². The van der Waals surface area contributed by atoms with Crippen LogP contribution in [-0.4, -0.2) is 14.2 Å². The van der Waals surface area contributed by atoms with E-state index in [1.807, 2.05) is 0 Å². The monoisotopic (exact) mass is 201 g/mol. The average Bonchev–Trinajstić information content (AvgIpc) is 2.15. The molecule has 78 valence electrons. The molecule has 1 N–H and O–H groups in total. The van der Waals surface area contributed by atoms with E-state index in [1.165, 1.54) is 13.2 Å². The summed E-state index contributed by atoms with van der Waals surface area (Å²) in [6, 6.07) is 1.92. The van der Waals surface area contributed by atoms with Gasteiger partial charge in [0.15, 0.2) is 11.6 Å². The Bertz CT molecular complexity index is 328. The van der Waals surface area contributed by atoms with Crippen LogP contribution in [0.5, 0.6) is 5.75 Å². The number of methoxy groups -OCH3 is 1. The molecule has 0 saturated carbocycles. The lowest BCUT2D eigenvalue weighted by Gasteiger charge is -2.15. The maximum absolute atomic E-state index is 13.2. The normalized spacial score (nSPS) is 12.6. The van der Waals surface area contributed by atoms with Crippen molar-refractivity contribution in [3.8, 4) is 5.75 Å². The predicted octanol–water partition coefficient (Wildman–Crippen LogP) is 2.25. The summed E-state index contributed by atoms with van der Waals surface area (Å²) in [7, 11) is 3.08. The van der Waals surface area contributed by atoms with Gasteiger partial charge in [-0.15, -0.1) is 0 Å². The van der Waals surface area contributed by atoms with Gasteiger partial charge in [-0.1, -0.05) is 0 Å². The maximum Gasteiger partial charge on any atom is 0.168 e. The number of halogens is 2. The molecule has 0 radical (unpaired) electrons. The van der Waals surface area contributed by atoms with E-state index in [2.05, 4.69) is 5.32 Å². The Morgan fingerprint density at radius 1 is 1.36 bits per heavy atom. The van der Waals surface area contributed by atoms with E-state index in [1.54, 1.807) is 14.0 Å². The van der Waals surface area contributed by atoms with Crippen molar-refractivity contribution in [3.63, 3.8) is 0 Å². The SMILES string of the molecule is CN[C@H](C)c1cc(F)cc(F)c1OC. The number of rotatable bonds is 3. The summed E-state index contributed by atoms with van der Waals surface area (Å²) in [5.41, 5.74) is 0.479. The van der Waals surface area contributed by atoms with Crippen LogP contribution < -0.4 is 10.1 Å². The standard InChI is InChI=1S/C10H13F2NO/c1-6(13-2)8-4-7(11)5-9(12)10(8)14-3/h4-6,13H,1-3H3/t6-/m1/s1. The molecule has 1 aromatic carbocycles. The summed E-state index contributed by atoms with van der Waals surface area (Å²) in [4.78, 5) is 0. The van der Waals surface area contributed by atoms with Gasteiger partial charge in [-0.05, 0) is 20.0 Å². The molecule has 0 heterocycles. The molecular weight excluding hydrogens is 188 g/mol. The minimum Gasteiger partial charge on any atom is -0.493 e. The van der Waals surface area contributed by atoms with Gasteiger partial charge in [-0.25, -0.2) is 8.78 Å². The first-order valence-corrected chi connectivity index (χ1v) is 4.30. The van der Waals surface area contributed by atoms with Crippen LogP contribution in [0, 0.1) is 11.6 Å². The molecular formula is C10H13F2NO. The first kappa shape index (κ1) is 10.9. The fraction of sp³-hybridized carbons (Fsp3) is 0.400. The van der Waals surface area contributed by atoms with E-state index in [-0.39, 0.29) is 11.8 Å². The van der Waals surface area contributed by atoms with E-state index in [0.717, 1.165) is 6.07 Å². The zero-order valence-electron chi connectivity index (χ0n) is 8.40. The summed E-state index contributed by atoms with van der Waals surface area (Å²) >= 11 is 0. The van der Waals surface area contributed by atoms with Gasteiger partial charge < -0.3 is 10.1 Å². The summed E-state index contributed by atoms with van der Waals surface area (Å²) in [6.45, 7) is 1.80. The molecule has 1 aromatic rings. The third-order valence-corrected chi connectivity index (χ3v) is 2.14. The molecule has 2 nitrogen and oxygen atoms in total. The molecule has 4 heteroatoms. The second-order valence-electron chi connectivity index (χ2n) is 3.02. The predicted molar refractivity (Wildman–Crippen MR) is 50.4 cm³/mol. The lowest BCUT2D eigenvalue weighted by Crippen LogP contribution is -2.14. The topological polar surface area (TPSA) is 21.3 Å². The van der Waals surface area contributed by atoms with Crippen molar-refractivity contribution in [3.05, 3.63) is 29.3 Å². The molecule has 1 rings (SSSR count). The third kappa shape index (κ3) is 2.01.